The highest BCUT2D eigenvalue weighted by Gasteiger charge is 2.36. The van der Waals surface area contributed by atoms with Gasteiger partial charge in [-0.25, -0.2) is 0 Å². The summed E-state index contributed by atoms with van der Waals surface area (Å²) in [6.07, 6.45) is 0. The number of nitrogens with zero attached hydrogens (tertiary/aromatic N) is 1. The summed E-state index contributed by atoms with van der Waals surface area (Å²) in [6, 6.07) is 34.4. The lowest BCUT2D eigenvalue weighted by Crippen LogP contribution is -2.30. The van der Waals surface area contributed by atoms with Gasteiger partial charge >= 0.3 is 7.12 Å². The Bertz CT molecular complexity index is 2100. The Labute approximate surface area is 224 Å². The third-order valence-corrected chi connectivity index (χ3v) is 9.64. The third-order valence-electron chi connectivity index (χ3n) is 8.40. The zero-order valence-electron chi connectivity index (χ0n) is 21.1. The molecule has 0 fully saturated rings. The average Bonchev–Trinajstić information content (AvgIpc) is 3.53. The van der Waals surface area contributed by atoms with E-state index in [2.05, 4.69) is 97.3 Å². The largest absolute Gasteiger partial charge is 0.489 e. The highest BCUT2D eigenvalue weighted by Crippen LogP contribution is 2.51. The molecule has 0 saturated heterocycles. The molecule has 38 heavy (non-hydrogen) atoms. The van der Waals surface area contributed by atoms with Crippen molar-refractivity contribution in [2.75, 3.05) is 0 Å². The van der Waals surface area contributed by atoms with Crippen LogP contribution in [0.2, 0.25) is 0 Å². The standard InChI is InChI=1S/C33H24BNO2S/c1-33(2)26-12-6-3-9-20(26)23-18-30-24(17-27(23)33)21-10-4-7-13-29(21)35(30)19-15-25-22-11-5-8-14-31(22)38-32(25)28(16-19)34(36)37/h3-18,36-37H,1-2H3. The molecule has 0 radical (unpaired) electrons. The summed E-state index contributed by atoms with van der Waals surface area (Å²) in [5.74, 6) is 0. The molecule has 1 aliphatic carbocycles. The molecule has 0 atom stereocenters. The molecule has 2 N–H and O–H groups in total. The zero-order valence-corrected chi connectivity index (χ0v) is 21.9. The minimum atomic E-state index is -1.56. The lowest BCUT2D eigenvalue weighted by atomic mass is 9.79. The number of thiophene rings is 1. The van der Waals surface area contributed by atoms with Crippen molar-refractivity contribution in [1.82, 2.24) is 4.57 Å². The van der Waals surface area contributed by atoms with E-state index in [1.807, 2.05) is 18.2 Å². The molecule has 0 bridgehead atoms. The van der Waals surface area contributed by atoms with Crippen LogP contribution in [-0.2, 0) is 5.41 Å². The fourth-order valence-corrected chi connectivity index (χ4v) is 7.82. The van der Waals surface area contributed by atoms with Crippen LogP contribution < -0.4 is 5.46 Å². The highest BCUT2D eigenvalue weighted by atomic mass is 32.1. The fourth-order valence-electron chi connectivity index (χ4n) is 6.60. The molecule has 0 saturated carbocycles. The molecule has 2 aromatic heterocycles. The predicted octanol–water partition coefficient (Wildman–Crippen LogP) is 7.14. The number of hydrogen-bond donors (Lipinski definition) is 2. The molecule has 182 valence electrons. The molecular formula is C33H24BNO2S. The number of benzene rings is 5. The minimum Gasteiger partial charge on any atom is -0.423 e. The van der Waals surface area contributed by atoms with Crippen molar-refractivity contribution in [3.05, 3.63) is 108 Å². The lowest BCUT2D eigenvalue weighted by molar-refractivity contribution is 0.426. The van der Waals surface area contributed by atoms with E-state index in [9.17, 15) is 10.0 Å². The molecule has 0 amide bonds. The Morgan fingerprint density at radius 2 is 1.39 bits per heavy atom. The first-order valence-corrected chi connectivity index (χ1v) is 13.7. The van der Waals surface area contributed by atoms with Crippen LogP contribution >= 0.6 is 11.3 Å². The molecule has 0 unspecified atom stereocenters. The first kappa shape index (κ1) is 22.1. The summed E-state index contributed by atoms with van der Waals surface area (Å²) in [6.45, 7) is 4.63. The zero-order chi connectivity index (χ0) is 25.8. The summed E-state index contributed by atoms with van der Waals surface area (Å²) < 4.78 is 4.35. The first-order valence-electron chi connectivity index (χ1n) is 12.9. The molecule has 1 aliphatic rings. The monoisotopic (exact) mass is 509 g/mol. The van der Waals surface area contributed by atoms with Gasteiger partial charge in [0.25, 0.3) is 0 Å². The van der Waals surface area contributed by atoms with Gasteiger partial charge in [0.2, 0.25) is 0 Å². The molecule has 8 rings (SSSR count). The maximum absolute atomic E-state index is 10.4. The van der Waals surface area contributed by atoms with E-state index in [4.69, 9.17) is 0 Å². The smallest absolute Gasteiger partial charge is 0.423 e. The Balaban J connectivity index is 1.52. The maximum atomic E-state index is 10.4. The van der Waals surface area contributed by atoms with Crippen molar-refractivity contribution >= 4 is 65.9 Å². The second-order valence-electron chi connectivity index (χ2n) is 10.8. The first-order chi connectivity index (χ1) is 18.4. The van der Waals surface area contributed by atoms with Crippen LogP contribution in [0.3, 0.4) is 0 Å². The molecular weight excluding hydrogens is 485 g/mol. The van der Waals surface area contributed by atoms with Gasteiger partial charge in [-0.3, -0.25) is 0 Å². The molecule has 5 heteroatoms. The van der Waals surface area contributed by atoms with Crippen molar-refractivity contribution in [1.29, 1.82) is 0 Å². The Hall–Kier alpha value is -3.90. The van der Waals surface area contributed by atoms with Crippen LogP contribution in [0.25, 0.3) is 58.8 Å². The quantitative estimate of drug-likeness (QED) is 0.244. The molecule has 0 aliphatic heterocycles. The van der Waals surface area contributed by atoms with Crippen LogP contribution in [0, 0.1) is 0 Å². The van der Waals surface area contributed by atoms with Gasteiger partial charge in [0, 0.05) is 47.5 Å². The molecule has 5 aromatic carbocycles. The van der Waals surface area contributed by atoms with E-state index >= 15 is 0 Å². The van der Waals surface area contributed by atoms with Gasteiger partial charge in [-0.1, -0.05) is 74.5 Å². The van der Waals surface area contributed by atoms with Crippen LogP contribution in [-0.4, -0.2) is 21.7 Å². The van der Waals surface area contributed by atoms with Gasteiger partial charge in [0.15, 0.2) is 0 Å². The Morgan fingerprint density at radius 1 is 0.658 bits per heavy atom. The minimum absolute atomic E-state index is 0.0774. The van der Waals surface area contributed by atoms with Gasteiger partial charge in [-0.15, -0.1) is 11.3 Å². The van der Waals surface area contributed by atoms with Crippen LogP contribution in [0.5, 0.6) is 0 Å². The van der Waals surface area contributed by atoms with E-state index < -0.39 is 7.12 Å². The third kappa shape index (κ3) is 2.81. The number of fused-ring (bicyclic) bond motifs is 9. The molecule has 2 heterocycles. The second-order valence-corrected chi connectivity index (χ2v) is 11.9. The van der Waals surface area contributed by atoms with Crippen LogP contribution in [0.4, 0.5) is 0 Å². The van der Waals surface area contributed by atoms with Crippen LogP contribution in [0.15, 0.2) is 97.1 Å². The summed E-state index contributed by atoms with van der Waals surface area (Å²) in [5.41, 5.74) is 8.88. The van der Waals surface area contributed by atoms with E-state index in [0.717, 1.165) is 36.9 Å². The molecule has 7 aromatic rings. The summed E-state index contributed by atoms with van der Waals surface area (Å²) in [5, 5.41) is 25.5. The predicted molar refractivity (Wildman–Crippen MR) is 161 cm³/mol. The Morgan fingerprint density at radius 3 is 2.24 bits per heavy atom. The number of aromatic nitrogens is 1. The summed E-state index contributed by atoms with van der Waals surface area (Å²) >= 11 is 1.61. The number of rotatable bonds is 2. The van der Waals surface area contributed by atoms with Crippen molar-refractivity contribution in [2.24, 2.45) is 0 Å². The average molecular weight is 509 g/mol. The number of para-hydroxylation sites is 1. The highest BCUT2D eigenvalue weighted by molar-refractivity contribution is 7.27. The molecule has 0 spiro atoms. The van der Waals surface area contributed by atoms with E-state index in [1.54, 1.807) is 11.3 Å². The van der Waals surface area contributed by atoms with Crippen molar-refractivity contribution in [2.45, 2.75) is 19.3 Å². The normalized spacial score (nSPS) is 14.0. The maximum Gasteiger partial charge on any atom is 0.489 e. The van der Waals surface area contributed by atoms with Gasteiger partial charge in [0.1, 0.15) is 0 Å². The fraction of sp³-hybridized carbons (Fsp3) is 0.0909. The van der Waals surface area contributed by atoms with Gasteiger partial charge in [-0.2, -0.15) is 0 Å². The SMILES string of the molecule is CC1(C)c2ccccc2-c2cc3c(cc21)c1ccccc1n3-c1cc(B(O)O)c2sc3ccccc3c2c1. The number of hydrogen-bond acceptors (Lipinski definition) is 3. The van der Waals surface area contributed by atoms with Gasteiger partial charge in [-0.05, 0) is 58.7 Å². The van der Waals surface area contributed by atoms with Crippen molar-refractivity contribution in [3.8, 4) is 16.8 Å². The van der Waals surface area contributed by atoms with Crippen LogP contribution in [0.1, 0.15) is 25.0 Å². The van der Waals surface area contributed by atoms with Gasteiger partial charge < -0.3 is 14.6 Å². The Kier molecular flexibility index (Phi) is 4.41. The van der Waals surface area contributed by atoms with Gasteiger partial charge in [0.05, 0.1) is 11.0 Å². The topological polar surface area (TPSA) is 45.4 Å². The van der Waals surface area contributed by atoms with E-state index in [-0.39, 0.29) is 5.41 Å². The lowest BCUT2D eigenvalue weighted by Gasteiger charge is -2.21. The second kappa shape index (κ2) is 7.58. The van der Waals surface area contributed by atoms with E-state index in [0.29, 0.717) is 5.46 Å². The summed E-state index contributed by atoms with van der Waals surface area (Å²) in [7, 11) is -1.56. The van der Waals surface area contributed by atoms with Crippen molar-refractivity contribution in [3.63, 3.8) is 0 Å². The van der Waals surface area contributed by atoms with Crippen molar-refractivity contribution < 1.29 is 10.0 Å². The summed E-state index contributed by atoms with van der Waals surface area (Å²) in [4.78, 5) is 0. The molecule has 3 nitrogen and oxygen atoms in total. The van der Waals surface area contributed by atoms with E-state index in [1.165, 1.54) is 33.0 Å².